The second-order valence-electron chi connectivity index (χ2n) is 5.19. The van der Waals surface area contributed by atoms with Gasteiger partial charge in [-0.3, -0.25) is 0 Å². The van der Waals surface area contributed by atoms with E-state index in [-0.39, 0.29) is 6.04 Å². The molecule has 1 unspecified atom stereocenters. The molecule has 0 aliphatic rings. The van der Waals surface area contributed by atoms with Crippen molar-refractivity contribution in [3.63, 3.8) is 0 Å². The molecule has 0 aliphatic carbocycles. The molecule has 1 heteroatoms. The Morgan fingerprint density at radius 1 is 0.667 bits per heavy atom. The molecule has 0 spiro atoms. The normalized spacial score (nSPS) is 12.7. The molecule has 2 aromatic rings. The van der Waals surface area contributed by atoms with E-state index < -0.39 is 0 Å². The third-order valence-corrected chi connectivity index (χ3v) is 3.35. The molecule has 18 heavy (non-hydrogen) atoms. The summed E-state index contributed by atoms with van der Waals surface area (Å²) in [5.41, 5.74) is 10.9. The Bertz CT molecular complexity index is 443. The van der Waals surface area contributed by atoms with E-state index in [9.17, 15) is 0 Å². The molecular weight excluding hydrogens is 218 g/mol. The molecule has 0 aliphatic heterocycles. The van der Waals surface area contributed by atoms with Gasteiger partial charge in [-0.15, -0.1) is 0 Å². The van der Waals surface area contributed by atoms with Crippen LogP contribution in [0.25, 0.3) is 11.1 Å². The van der Waals surface area contributed by atoms with E-state index in [1.54, 1.807) is 0 Å². The largest absolute Gasteiger partial charge is 0.324 e. The lowest BCUT2D eigenvalue weighted by Crippen LogP contribution is -2.04. The first kappa shape index (κ1) is 12.8. The minimum atomic E-state index is 0.0994. The van der Waals surface area contributed by atoms with Crippen LogP contribution in [0.15, 0.2) is 48.5 Å². The average Bonchev–Trinajstić information content (AvgIpc) is 2.39. The highest BCUT2D eigenvalue weighted by Gasteiger charge is 2.02. The van der Waals surface area contributed by atoms with Gasteiger partial charge < -0.3 is 5.73 Å². The van der Waals surface area contributed by atoms with Crippen molar-refractivity contribution >= 4 is 0 Å². The van der Waals surface area contributed by atoms with Crippen molar-refractivity contribution in [2.45, 2.75) is 32.7 Å². The highest BCUT2D eigenvalue weighted by Crippen LogP contribution is 2.23. The summed E-state index contributed by atoms with van der Waals surface area (Å²) >= 11 is 0. The molecular formula is C17H21N. The van der Waals surface area contributed by atoms with Crippen molar-refractivity contribution in [2.24, 2.45) is 5.73 Å². The fraction of sp³-hybridized carbons (Fsp3) is 0.294. The lowest BCUT2D eigenvalue weighted by Gasteiger charge is -2.09. The van der Waals surface area contributed by atoms with Gasteiger partial charge >= 0.3 is 0 Å². The van der Waals surface area contributed by atoms with Crippen LogP contribution in [0.2, 0.25) is 0 Å². The molecule has 2 aromatic carbocycles. The topological polar surface area (TPSA) is 26.0 Å². The van der Waals surface area contributed by atoms with E-state index in [0.717, 1.165) is 0 Å². The maximum Gasteiger partial charge on any atom is 0.0266 e. The Hall–Kier alpha value is -1.60. The average molecular weight is 239 g/mol. The van der Waals surface area contributed by atoms with Gasteiger partial charge in [-0.05, 0) is 35.1 Å². The van der Waals surface area contributed by atoms with E-state index in [0.29, 0.717) is 5.92 Å². The molecule has 2 N–H and O–H groups in total. The van der Waals surface area contributed by atoms with E-state index in [1.165, 1.54) is 22.3 Å². The standard InChI is InChI=1S/C17H21N/c1-12(2)14-4-8-16(9-5-14)17-10-6-15(7-11-17)13(3)18/h4-13H,18H2,1-3H3. The monoisotopic (exact) mass is 239 g/mol. The van der Waals surface area contributed by atoms with E-state index in [4.69, 9.17) is 5.73 Å². The van der Waals surface area contributed by atoms with Crippen LogP contribution in [0.3, 0.4) is 0 Å². The van der Waals surface area contributed by atoms with E-state index in [2.05, 4.69) is 62.4 Å². The summed E-state index contributed by atoms with van der Waals surface area (Å²) in [5.74, 6) is 0.583. The Labute approximate surface area is 110 Å². The second-order valence-corrected chi connectivity index (χ2v) is 5.19. The Balaban J connectivity index is 2.25. The first-order valence-electron chi connectivity index (χ1n) is 6.54. The zero-order chi connectivity index (χ0) is 13.1. The van der Waals surface area contributed by atoms with Gasteiger partial charge in [0.25, 0.3) is 0 Å². The van der Waals surface area contributed by atoms with Crippen molar-refractivity contribution in [3.05, 3.63) is 59.7 Å². The summed E-state index contributed by atoms with van der Waals surface area (Å²) in [5, 5.41) is 0. The SMILES string of the molecule is CC(C)c1ccc(-c2ccc(C(C)N)cc2)cc1. The summed E-state index contributed by atoms with van der Waals surface area (Å²) in [6.45, 7) is 6.44. The summed E-state index contributed by atoms with van der Waals surface area (Å²) in [4.78, 5) is 0. The van der Waals surface area contributed by atoms with Gasteiger partial charge in [-0.1, -0.05) is 62.4 Å². The minimum absolute atomic E-state index is 0.0994. The third-order valence-electron chi connectivity index (χ3n) is 3.35. The van der Waals surface area contributed by atoms with Gasteiger partial charge in [0.15, 0.2) is 0 Å². The van der Waals surface area contributed by atoms with Crippen molar-refractivity contribution in [1.82, 2.24) is 0 Å². The summed E-state index contributed by atoms with van der Waals surface area (Å²) in [6, 6.07) is 17.4. The number of hydrogen-bond donors (Lipinski definition) is 1. The van der Waals surface area contributed by atoms with Crippen LogP contribution in [0.4, 0.5) is 0 Å². The Morgan fingerprint density at radius 2 is 1.06 bits per heavy atom. The highest BCUT2D eigenvalue weighted by molar-refractivity contribution is 5.64. The molecule has 1 nitrogen and oxygen atoms in total. The van der Waals surface area contributed by atoms with Gasteiger partial charge in [0.2, 0.25) is 0 Å². The molecule has 0 aromatic heterocycles. The first-order chi connectivity index (χ1) is 8.58. The molecule has 0 fully saturated rings. The Morgan fingerprint density at radius 3 is 1.39 bits per heavy atom. The first-order valence-corrected chi connectivity index (χ1v) is 6.54. The van der Waals surface area contributed by atoms with Crippen LogP contribution in [0.5, 0.6) is 0 Å². The molecule has 2 rings (SSSR count). The zero-order valence-corrected chi connectivity index (χ0v) is 11.4. The van der Waals surface area contributed by atoms with Gasteiger partial charge in [0, 0.05) is 6.04 Å². The van der Waals surface area contributed by atoms with Gasteiger partial charge in [0.05, 0.1) is 0 Å². The fourth-order valence-electron chi connectivity index (χ4n) is 2.04. The lowest BCUT2D eigenvalue weighted by molar-refractivity contribution is 0.818. The van der Waals surface area contributed by atoms with Gasteiger partial charge in [0.1, 0.15) is 0 Å². The molecule has 0 radical (unpaired) electrons. The van der Waals surface area contributed by atoms with E-state index in [1.807, 2.05) is 6.92 Å². The van der Waals surface area contributed by atoms with Gasteiger partial charge in [-0.25, -0.2) is 0 Å². The zero-order valence-electron chi connectivity index (χ0n) is 11.4. The molecule has 1 atom stereocenters. The smallest absolute Gasteiger partial charge is 0.0266 e. The fourth-order valence-corrected chi connectivity index (χ4v) is 2.04. The number of hydrogen-bond acceptors (Lipinski definition) is 1. The summed E-state index contributed by atoms with van der Waals surface area (Å²) in [7, 11) is 0. The summed E-state index contributed by atoms with van der Waals surface area (Å²) in [6.07, 6.45) is 0. The van der Waals surface area contributed by atoms with Crippen molar-refractivity contribution in [3.8, 4) is 11.1 Å². The van der Waals surface area contributed by atoms with Crippen molar-refractivity contribution < 1.29 is 0 Å². The lowest BCUT2D eigenvalue weighted by atomic mass is 9.97. The third kappa shape index (κ3) is 2.80. The number of benzene rings is 2. The van der Waals surface area contributed by atoms with Crippen LogP contribution in [-0.4, -0.2) is 0 Å². The molecule has 0 heterocycles. The predicted molar refractivity (Wildman–Crippen MR) is 78.6 cm³/mol. The molecule has 0 amide bonds. The molecule has 0 saturated carbocycles. The van der Waals surface area contributed by atoms with Crippen LogP contribution >= 0.6 is 0 Å². The van der Waals surface area contributed by atoms with Crippen LogP contribution in [-0.2, 0) is 0 Å². The highest BCUT2D eigenvalue weighted by atomic mass is 14.6. The van der Waals surface area contributed by atoms with Crippen molar-refractivity contribution in [2.75, 3.05) is 0 Å². The second kappa shape index (κ2) is 5.36. The molecule has 94 valence electrons. The molecule has 0 bridgehead atoms. The maximum absolute atomic E-state index is 5.86. The minimum Gasteiger partial charge on any atom is -0.324 e. The summed E-state index contributed by atoms with van der Waals surface area (Å²) < 4.78 is 0. The quantitative estimate of drug-likeness (QED) is 0.838. The van der Waals surface area contributed by atoms with Crippen LogP contribution < -0.4 is 5.73 Å². The number of rotatable bonds is 3. The van der Waals surface area contributed by atoms with Crippen LogP contribution in [0, 0.1) is 0 Å². The predicted octanol–water partition coefficient (Wildman–Crippen LogP) is 4.50. The molecule has 0 saturated heterocycles. The Kier molecular flexibility index (Phi) is 3.83. The maximum atomic E-state index is 5.86. The number of nitrogens with two attached hydrogens (primary N) is 1. The van der Waals surface area contributed by atoms with Crippen molar-refractivity contribution in [1.29, 1.82) is 0 Å². The van der Waals surface area contributed by atoms with E-state index >= 15 is 0 Å². The van der Waals surface area contributed by atoms with Crippen LogP contribution in [0.1, 0.15) is 43.9 Å². The van der Waals surface area contributed by atoms with Gasteiger partial charge in [-0.2, -0.15) is 0 Å².